The Balaban J connectivity index is 2.58. The lowest BCUT2D eigenvalue weighted by Crippen LogP contribution is -2.29. The topological polar surface area (TPSA) is 49.6 Å². The maximum Gasteiger partial charge on any atom is 0.253 e. The van der Waals surface area contributed by atoms with Crippen molar-refractivity contribution in [3.05, 3.63) is 35.4 Å². The molecule has 0 atom stereocenters. The SMILES string of the molecule is CN(C)CCCN(C)C(=O)c1ccc(C#CCN)cc1. The summed E-state index contributed by atoms with van der Waals surface area (Å²) in [6.45, 7) is 2.08. The quantitative estimate of drug-likeness (QED) is 0.815. The zero-order valence-corrected chi connectivity index (χ0v) is 12.5. The second-order valence-electron chi connectivity index (χ2n) is 4.97. The van der Waals surface area contributed by atoms with Crippen molar-refractivity contribution in [2.45, 2.75) is 6.42 Å². The van der Waals surface area contributed by atoms with Crippen LogP contribution in [0.4, 0.5) is 0 Å². The van der Waals surface area contributed by atoms with E-state index in [1.807, 2.05) is 45.4 Å². The molecule has 4 heteroatoms. The van der Waals surface area contributed by atoms with Gasteiger partial charge in [-0.1, -0.05) is 11.8 Å². The van der Waals surface area contributed by atoms with E-state index in [4.69, 9.17) is 5.73 Å². The molecule has 0 fully saturated rings. The van der Waals surface area contributed by atoms with Gasteiger partial charge in [0.2, 0.25) is 0 Å². The van der Waals surface area contributed by atoms with Gasteiger partial charge < -0.3 is 15.5 Å². The van der Waals surface area contributed by atoms with Gasteiger partial charge in [0.15, 0.2) is 0 Å². The Kier molecular flexibility index (Phi) is 6.78. The summed E-state index contributed by atoms with van der Waals surface area (Å²) in [5.74, 6) is 5.78. The van der Waals surface area contributed by atoms with Crippen molar-refractivity contribution >= 4 is 5.91 Å². The van der Waals surface area contributed by atoms with Gasteiger partial charge >= 0.3 is 0 Å². The fourth-order valence-corrected chi connectivity index (χ4v) is 1.80. The molecule has 0 aromatic heterocycles. The second-order valence-corrected chi connectivity index (χ2v) is 4.97. The first-order chi connectivity index (χ1) is 9.54. The van der Waals surface area contributed by atoms with E-state index in [2.05, 4.69) is 16.7 Å². The van der Waals surface area contributed by atoms with Gasteiger partial charge in [-0.05, 0) is 51.3 Å². The summed E-state index contributed by atoms with van der Waals surface area (Å²) in [6.07, 6.45) is 0.968. The normalized spacial score (nSPS) is 10.1. The molecule has 0 heterocycles. The number of carbonyl (C=O) groups excluding carboxylic acids is 1. The number of amides is 1. The fraction of sp³-hybridized carbons (Fsp3) is 0.438. The van der Waals surface area contributed by atoms with Crippen LogP contribution in [-0.4, -0.2) is 56.5 Å². The lowest BCUT2D eigenvalue weighted by atomic mass is 10.1. The lowest BCUT2D eigenvalue weighted by Gasteiger charge is -2.18. The van der Waals surface area contributed by atoms with E-state index in [1.165, 1.54) is 0 Å². The summed E-state index contributed by atoms with van der Waals surface area (Å²) < 4.78 is 0. The van der Waals surface area contributed by atoms with Crippen LogP contribution in [-0.2, 0) is 0 Å². The highest BCUT2D eigenvalue weighted by atomic mass is 16.2. The minimum Gasteiger partial charge on any atom is -0.342 e. The minimum atomic E-state index is 0.0436. The van der Waals surface area contributed by atoms with Crippen LogP contribution in [0.25, 0.3) is 0 Å². The molecule has 0 saturated heterocycles. The average molecular weight is 273 g/mol. The second kappa shape index (κ2) is 8.36. The summed E-state index contributed by atoms with van der Waals surface area (Å²) in [5, 5.41) is 0. The standard InChI is InChI=1S/C16H23N3O/c1-18(2)12-5-13-19(3)16(20)15-9-7-14(8-10-15)6-4-11-17/h7-10H,5,11-13,17H2,1-3H3. The van der Waals surface area contributed by atoms with E-state index in [1.54, 1.807) is 4.90 Å². The van der Waals surface area contributed by atoms with Gasteiger partial charge in [-0.25, -0.2) is 0 Å². The van der Waals surface area contributed by atoms with Crippen LogP contribution in [0.5, 0.6) is 0 Å². The Bertz CT molecular complexity index is 483. The van der Waals surface area contributed by atoms with Gasteiger partial charge in [-0.2, -0.15) is 0 Å². The molecule has 4 nitrogen and oxygen atoms in total. The van der Waals surface area contributed by atoms with Gasteiger partial charge in [0.05, 0.1) is 6.54 Å². The van der Waals surface area contributed by atoms with E-state index in [9.17, 15) is 4.79 Å². The molecule has 0 bridgehead atoms. The van der Waals surface area contributed by atoms with Crippen LogP contribution < -0.4 is 5.73 Å². The van der Waals surface area contributed by atoms with E-state index in [0.29, 0.717) is 12.1 Å². The molecule has 1 amide bonds. The highest BCUT2D eigenvalue weighted by molar-refractivity contribution is 5.94. The van der Waals surface area contributed by atoms with Crippen LogP contribution in [0.15, 0.2) is 24.3 Å². The first-order valence-corrected chi connectivity index (χ1v) is 6.73. The van der Waals surface area contributed by atoms with Crippen LogP contribution >= 0.6 is 0 Å². The highest BCUT2D eigenvalue weighted by Gasteiger charge is 2.10. The molecule has 0 aliphatic rings. The zero-order valence-electron chi connectivity index (χ0n) is 12.5. The predicted octanol–water partition coefficient (Wildman–Crippen LogP) is 1.02. The first kappa shape index (κ1) is 16.2. The largest absolute Gasteiger partial charge is 0.342 e. The Labute approximate surface area is 121 Å². The van der Waals surface area contributed by atoms with Crippen molar-refractivity contribution in [1.29, 1.82) is 0 Å². The Morgan fingerprint density at radius 1 is 1.15 bits per heavy atom. The van der Waals surface area contributed by atoms with E-state index in [0.717, 1.165) is 25.1 Å². The van der Waals surface area contributed by atoms with Gasteiger partial charge in [-0.15, -0.1) is 0 Å². The molecule has 0 saturated carbocycles. The van der Waals surface area contributed by atoms with Crippen LogP contribution in [0.1, 0.15) is 22.3 Å². The third kappa shape index (κ3) is 5.43. The maximum absolute atomic E-state index is 12.2. The molecule has 108 valence electrons. The molecule has 1 aromatic carbocycles. The Morgan fingerprint density at radius 3 is 2.35 bits per heavy atom. The summed E-state index contributed by atoms with van der Waals surface area (Å²) in [6, 6.07) is 7.32. The van der Waals surface area contributed by atoms with E-state index < -0.39 is 0 Å². The highest BCUT2D eigenvalue weighted by Crippen LogP contribution is 2.06. The molecule has 0 aliphatic heterocycles. The first-order valence-electron chi connectivity index (χ1n) is 6.73. The minimum absolute atomic E-state index is 0.0436. The monoisotopic (exact) mass is 273 g/mol. The van der Waals surface area contributed by atoms with Gasteiger partial charge in [0, 0.05) is 24.7 Å². The number of rotatable bonds is 5. The Hall–Kier alpha value is -1.83. The number of hydrogen-bond acceptors (Lipinski definition) is 3. The number of benzene rings is 1. The molecule has 0 aliphatic carbocycles. The number of hydrogen-bond donors (Lipinski definition) is 1. The van der Waals surface area contributed by atoms with Crippen molar-refractivity contribution in [2.75, 3.05) is 40.8 Å². The van der Waals surface area contributed by atoms with Gasteiger partial charge in [0.1, 0.15) is 0 Å². The third-order valence-corrected chi connectivity index (χ3v) is 2.91. The molecule has 2 N–H and O–H groups in total. The fourth-order valence-electron chi connectivity index (χ4n) is 1.80. The Morgan fingerprint density at radius 2 is 1.80 bits per heavy atom. The maximum atomic E-state index is 12.2. The summed E-state index contributed by atoms with van der Waals surface area (Å²) in [7, 11) is 5.89. The number of nitrogens with two attached hydrogens (primary N) is 1. The summed E-state index contributed by atoms with van der Waals surface area (Å²) in [4.78, 5) is 16.1. The van der Waals surface area contributed by atoms with Crippen molar-refractivity contribution in [3.8, 4) is 11.8 Å². The van der Waals surface area contributed by atoms with Crippen molar-refractivity contribution in [3.63, 3.8) is 0 Å². The zero-order chi connectivity index (χ0) is 15.0. The van der Waals surface area contributed by atoms with Gasteiger partial charge in [-0.3, -0.25) is 4.79 Å². The van der Waals surface area contributed by atoms with Crippen molar-refractivity contribution in [2.24, 2.45) is 5.73 Å². The molecule has 0 unspecified atom stereocenters. The van der Waals surface area contributed by atoms with Gasteiger partial charge in [0.25, 0.3) is 5.91 Å². The van der Waals surface area contributed by atoms with Crippen LogP contribution in [0.2, 0.25) is 0 Å². The lowest BCUT2D eigenvalue weighted by molar-refractivity contribution is 0.0790. The summed E-state index contributed by atoms with van der Waals surface area (Å²) >= 11 is 0. The summed E-state index contributed by atoms with van der Waals surface area (Å²) in [5.41, 5.74) is 6.89. The van der Waals surface area contributed by atoms with E-state index in [-0.39, 0.29) is 5.91 Å². The van der Waals surface area contributed by atoms with Crippen LogP contribution in [0, 0.1) is 11.8 Å². The molecule has 20 heavy (non-hydrogen) atoms. The van der Waals surface area contributed by atoms with Crippen molar-refractivity contribution < 1.29 is 4.79 Å². The molecule has 0 radical (unpaired) electrons. The molecule has 1 rings (SSSR count). The third-order valence-electron chi connectivity index (χ3n) is 2.91. The predicted molar refractivity (Wildman–Crippen MR) is 82.5 cm³/mol. The smallest absolute Gasteiger partial charge is 0.253 e. The number of nitrogens with zero attached hydrogens (tertiary/aromatic N) is 2. The molecular weight excluding hydrogens is 250 g/mol. The number of carbonyl (C=O) groups is 1. The molecule has 0 spiro atoms. The average Bonchev–Trinajstić information content (AvgIpc) is 2.44. The molecule has 1 aromatic rings. The van der Waals surface area contributed by atoms with Crippen molar-refractivity contribution in [1.82, 2.24) is 9.80 Å². The molecular formula is C16H23N3O. The van der Waals surface area contributed by atoms with E-state index >= 15 is 0 Å². The van der Waals surface area contributed by atoms with Crippen LogP contribution in [0.3, 0.4) is 0 Å².